The first-order valence-corrected chi connectivity index (χ1v) is 10.8. The Morgan fingerprint density at radius 3 is 2.57 bits per heavy atom. The van der Waals surface area contributed by atoms with Crippen LogP contribution < -0.4 is 10.6 Å². The average molecular weight is 402 g/mol. The van der Waals surface area contributed by atoms with Gasteiger partial charge in [-0.15, -0.1) is 11.3 Å². The second-order valence-corrected chi connectivity index (χ2v) is 8.16. The fourth-order valence-electron chi connectivity index (χ4n) is 3.13. The van der Waals surface area contributed by atoms with E-state index in [1.54, 1.807) is 18.4 Å². The number of hydrogen-bond donors (Lipinski definition) is 2. The van der Waals surface area contributed by atoms with Gasteiger partial charge in [-0.3, -0.25) is 9.89 Å². The van der Waals surface area contributed by atoms with E-state index in [1.165, 1.54) is 16.1 Å². The molecule has 28 heavy (non-hydrogen) atoms. The van der Waals surface area contributed by atoms with Crippen molar-refractivity contribution in [3.05, 3.63) is 51.5 Å². The van der Waals surface area contributed by atoms with Crippen molar-refractivity contribution in [2.75, 3.05) is 33.4 Å². The summed E-state index contributed by atoms with van der Waals surface area (Å²) >= 11 is 1.72. The standard InChI is InChI=1S/C21H31N5OS/c1-16(2)20-25-19(15-28-20)13-24-21(22-3)23-12-17-6-4-5-7-18(17)14-26-8-10-27-11-9-26/h4-7,15-16H,8-14H2,1-3H3,(H2,22,23,24). The van der Waals surface area contributed by atoms with Gasteiger partial charge in [0.1, 0.15) is 0 Å². The Hall–Kier alpha value is -1.96. The molecule has 7 heteroatoms. The summed E-state index contributed by atoms with van der Waals surface area (Å²) in [6.07, 6.45) is 0. The van der Waals surface area contributed by atoms with E-state index in [0.717, 1.165) is 51.0 Å². The maximum absolute atomic E-state index is 5.46. The molecule has 2 N–H and O–H groups in total. The monoisotopic (exact) mass is 401 g/mol. The number of aromatic nitrogens is 1. The highest BCUT2D eigenvalue weighted by Crippen LogP contribution is 2.19. The molecular formula is C21H31N5OS. The number of aliphatic imine (C=N–C) groups is 1. The van der Waals surface area contributed by atoms with Crippen molar-refractivity contribution in [2.45, 2.75) is 39.4 Å². The number of ether oxygens (including phenoxy) is 1. The van der Waals surface area contributed by atoms with E-state index < -0.39 is 0 Å². The van der Waals surface area contributed by atoms with Gasteiger partial charge in [0.25, 0.3) is 0 Å². The Balaban J connectivity index is 1.53. The van der Waals surface area contributed by atoms with Crippen molar-refractivity contribution in [3.63, 3.8) is 0 Å². The van der Waals surface area contributed by atoms with E-state index in [-0.39, 0.29) is 0 Å². The summed E-state index contributed by atoms with van der Waals surface area (Å²) in [6.45, 7) is 10.4. The summed E-state index contributed by atoms with van der Waals surface area (Å²) in [5.74, 6) is 1.26. The van der Waals surface area contributed by atoms with Crippen LogP contribution in [0.4, 0.5) is 0 Å². The molecule has 6 nitrogen and oxygen atoms in total. The van der Waals surface area contributed by atoms with Crippen LogP contribution in [0.2, 0.25) is 0 Å². The van der Waals surface area contributed by atoms with E-state index >= 15 is 0 Å². The van der Waals surface area contributed by atoms with Crippen LogP contribution in [0.25, 0.3) is 0 Å². The van der Waals surface area contributed by atoms with Crippen LogP contribution in [0, 0.1) is 0 Å². The van der Waals surface area contributed by atoms with Crippen LogP contribution in [0.5, 0.6) is 0 Å². The summed E-state index contributed by atoms with van der Waals surface area (Å²) in [6, 6.07) is 8.61. The van der Waals surface area contributed by atoms with Gasteiger partial charge in [-0.1, -0.05) is 38.1 Å². The third-order valence-electron chi connectivity index (χ3n) is 4.79. The lowest BCUT2D eigenvalue weighted by Crippen LogP contribution is -2.37. The number of hydrogen-bond acceptors (Lipinski definition) is 5. The van der Waals surface area contributed by atoms with Crippen LogP contribution in [0.1, 0.15) is 41.6 Å². The number of guanidine groups is 1. The number of nitrogens with zero attached hydrogens (tertiary/aromatic N) is 3. The maximum atomic E-state index is 5.46. The molecule has 2 heterocycles. The molecule has 152 valence electrons. The van der Waals surface area contributed by atoms with Gasteiger partial charge in [-0.2, -0.15) is 0 Å². The third-order valence-corrected chi connectivity index (χ3v) is 5.98. The van der Waals surface area contributed by atoms with Crippen LogP contribution >= 0.6 is 11.3 Å². The highest BCUT2D eigenvalue weighted by Gasteiger charge is 2.13. The molecule has 2 aromatic rings. The van der Waals surface area contributed by atoms with Gasteiger partial charge >= 0.3 is 0 Å². The minimum absolute atomic E-state index is 0.471. The topological polar surface area (TPSA) is 61.8 Å². The zero-order chi connectivity index (χ0) is 19.8. The van der Waals surface area contributed by atoms with Gasteiger partial charge in [0.2, 0.25) is 0 Å². The van der Waals surface area contributed by atoms with Gasteiger partial charge in [-0.25, -0.2) is 4.98 Å². The first-order valence-electron chi connectivity index (χ1n) is 9.91. The molecule has 0 aliphatic carbocycles. The number of nitrogens with one attached hydrogen (secondary N) is 2. The van der Waals surface area contributed by atoms with Gasteiger partial charge in [-0.05, 0) is 11.1 Å². The van der Waals surface area contributed by atoms with Gasteiger partial charge in [0.15, 0.2) is 5.96 Å². The average Bonchev–Trinajstić information content (AvgIpc) is 3.19. The predicted molar refractivity (Wildman–Crippen MR) is 116 cm³/mol. The van der Waals surface area contributed by atoms with Gasteiger partial charge in [0, 0.05) is 44.5 Å². The first kappa shape index (κ1) is 20.8. The molecule has 3 rings (SSSR count). The zero-order valence-electron chi connectivity index (χ0n) is 17.1. The summed E-state index contributed by atoms with van der Waals surface area (Å²) in [7, 11) is 1.80. The molecular weight excluding hydrogens is 370 g/mol. The molecule has 0 amide bonds. The lowest BCUT2D eigenvalue weighted by Gasteiger charge is -2.27. The molecule has 1 aliphatic heterocycles. The Morgan fingerprint density at radius 1 is 1.18 bits per heavy atom. The molecule has 1 fully saturated rings. The molecule has 0 atom stereocenters. The number of morpholine rings is 1. The number of thiazole rings is 1. The highest BCUT2D eigenvalue weighted by molar-refractivity contribution is 7.09. The molecule has 1 aliphatic rings. The van der Waals surface area contributed by atoms with Crippen molar-refractivity contribution in [1.82, 2.24) is 20.5 Å². The van der Waals surface area contributed by atoms with Crippen LogP contribution in [-0.2, 0) is 24.4 Å². The van der Waals surface area contributed by atoms with E-state index in [9.17, 15) is 0 Å². The van der Waals surface area contributed by atoms with Crippen molar-refractivity contribution in [1.29, 1.82) is 0 Å². The second-order valence-electron chi connectivity index (χ2n) is 7.27. The Bertz CT molecular complexity index is 768. The van der Waals surface area contributed by atoms with Crippen molar-refractivity contribution >= 4 is 17.3 Å². The number of benzene rings is 1. The van der Waals surface area contributed by atoms with Crippen molar-refractivity contribution < 1.29 is 4.74 Å². The van der Waals surface area contributed by atoms with Gasteiger partial charge in [0.05, 0.1) is 30.5 Å². The lowest BCUT2D eigenvalue weighted by molar-refractivity contribution is 0.0341. The second kappa shape index (κ2) is 10.5. The summed E-state index contributed by atoms with van der Waals surface area (Å²) in [5.41, 5.74) is 3.71. The summed E-state index contributed by atoms with van der Waals surface area (Å²) < 4.78 is 5.46. The Morgan fingerprint density at radius 2 is 1.89 bits per heavy atom. The molecule has 1 aromatic carbocycles. The first-order chi connectivity index (χ1) is 13.7. The van der Waals surface area contributed by atoms with Crippen molar-refractivity contribution in [3.8, 4) is 0 Å². The predicted octanol–water partition coefficient (Wildman–Crippen LogP) is 2.96. The van der Waals surface area contributed by atoms with Crippen LogP contribution in [-0.4, -0.2) is 49.2 Å². The SMILES string of the molecule is CN=C(NCc1csc(C(C)C)n1)NCc1ccccc1CN1CCOCC1. The quantitative estimate of drug-likeness (QED) is 0.552. The van der Waals surface area contributed by atoms with Gasteiger partial charge < -0.3 is 15.4 Å². The number of rotatable bonds is 7. The van der Waals surface area contributed by atoms with E-state index in [2.05, 4.69) is 69.0 Å². The normalized spacial score (nSPS) is 15.8. The molecule has 0 saturated carbocycles. The third kappa shape index (κ3) is 6.02. The molecule has 0 radical (unpaired) electrons. The Labute approximate surface area is 172 Å². The van der Waals surface area contributed by atoms with Crippen LogP contribution in [0.15, 0.2) is 34.6 Å². The van der Waals surface area contributed by atoms with E-state index in [0.29, 0.717) is 12.5 Å². The lowest BCUT2D eigenvalue weighted by atomic mass is 10.1. The summed E-state index contributed by atoms with van der Waals surface area (Å²) in [5, 5.41) is 10.1. The minimum Gasteiger partial charge on any atom is -0.379 e. The van der Waals surface area contributed by atoms with Crippen LogP contribution in [0.3, 0.4) is 0 Å². The minimum atomic E-state index is 0.471. The highest BCUT2D eigenvalue weighted by atomic mass is 32.1. The smallest absolute Gasteiger partial charge is 0.191 e. The Kier molecular flexibility index (Phi) is 7.82. The fourth-order valence-corrected chi connectivity index (χ4v) is 3.96. The molecule has 1 aromatic heterocycles. The maximum Gasteiger partial charge on any atom is 0.191 e. The molecule has 0 unspecified atom stereocenters. The molecule has 0 spiro atoms. The molecule has 1 saturated heterocycles. The zero-order valence-corrected chi connectivity index (χ0v) is 17.9. The largest absolute Gasteiger partial charge is 0.379 e. The fraction of sp³-hybridized carbons (Fsp3) is 0.524. The van der Waals surface area contributed by atoms with Crippen molar-refractivity contribution in [2.24, 2.45) is 4.99 Å². The van der Waals surface area contributed by atoms with E-state index in [4.69, 9.17) is 4.74 Å². The summed E-state index contributed by atoms with van der Waals surface area (Å²) in [4.78, 5) is 11.5. The molecule has 0 bridgehead atoms. The van der Waals surface area contributed by atoms with E-state index in [1.807, 2.05) is 0 Å².